The molecule has 0 N–H and O–H groups in total. The van der Waals surface area contributed by atoms with E-state index < -0.39 is 55.0 Å². The third-order valence-corrected chi connectivity index (χ3v) is 24.6. The summed E-state index contributed by atoms with van der Waals surface area (Å²) in [5, 5.41) is 0. The number of benzene rings is 8. The van der Waals surface area contributed by atoms with E-state index in [1.54, 1.807) is 121 Å². The van der Waals surface area contributed by atoms with Crippen LogP contribution in [-0.4, -0.2) is 0 Å². The van der Waals surface area contributed by atoms with Crippen LogP contribution >= 0.6 is 31.3 Å². The minimum atomic E-state index is -4.92. The first-order valence-corrected chi connectivity index (χ1v) is 42.2. The fraction of sp³-hybridized carbons (Fsp3) is 0.400. The minimum absolute atomic E-state index is 0.105. The zero-order valence-electron chi connectivity index (χ0n) is 57.8. The highest BCUT2D eigenvalue weighted by Gasteiger charge is 2.49. The summed E-state index contributed by atoms with van der Waals surface area (Å²) in [6, 6.07) is 49.6. The van der Waals surface area contributed by atoms with E-state index in [0.29, 0.717) is 70.2 Å². The van der Waals surface area contributed by atoms with Gasteiger partial charge in [-0.3, -0.25) is 0 Å². The molecule has 4 aliphatic heterocycles. The second kappa shape index (κ2) is 32.1. The van der Waals surface area contributed by atoms with Crippen molar-refractivity contribution in [2.24, 2.45) is 0 Å². The van der Waals surface area contributed by atoms with Crippen LogP contribution < -0.4 is 54.3 Å². The Labute approximate surface area is 589 Å². The molecule has 8 bridgehead atoms. The van der Waals surface area contributed by atoms with Gasteiger partial charge in [0, 0.05) is 92.4 Å². The van der Waals surface area contributed by atoms with E-state index in [0.717, 1.165) is 128 Å². The summed E-state index contributed by atoms with van der Waals surface area (Å²) in [5.41, 5.74) is 5.20. The number of phosphoric acid groups is 4. The van der Waals surface area contributed by atoms with Gasteiger partial charge in [-0.2, -0.15) is 18.3 Å². The summed E-state index contributed by atoms with van der Waals surface area (Å²) >= 11 is 0. The number of hydrogen-bond donors (Lipinski definition) is 0. The molecular weight excluding hydrogens is 1340 g/mol. The van der Waals surface area contributed by atoms with Gasteiger partial charge in [-0.25, -0.2) is 0 Å². The van der Waals surface area contributed by atoms with Crippen molar-refractivity contribution in [3.05, 3.63) is 214 Å². The molecule has 0 amide bonds. The highest BCUT2D eigenvalue weighted by atomic mass is 31.2. The van der Waals surface area contributed by atoms with Gasteiger partial charge in [0.1, 0.15) is 69.0 Å². The van der Waals surface area contributed by atoms with Crippen molar-refractivity contribution < 1.29 is 72.5 Å². The number of para-hydroxylation sites is 4. The molecule has 5 aliphatic rings. The van der Waals surface area contributed by atoms with Crippen LogP contribution in [0.3, 0.4) is 0 Å². The summed E-state index contributed by atoms with van der Waals surface area (Å²) in [4.78, 5) is 0. The maximum absolute atomic E-state index is 16.4. The topological polar surface area (TPSA) is 179 Å². The van der Waals surface area contributed by atoms with E-state index in [-0.39, 0.29) is 69.0 Å². The Morgan fingerprint density at radius 1 is 0.240 bits per heavy atom. The molecule has 0 saturated heterocycles. The largest absolute Gasteiger partial charge is 0.647 e. The zero-order valence-corrected chi connectivity index (χ0v) is 61.3. The quantitative estimate of drug-likeness (QED) is 0.0287. The molecule has 1 aliphatic carbocycles. The minimum Gasteiger partial charge on any atom is -0.386 e. The first-order chi connectivity index (χ1) is 48.7. The SMILES string of the molecule is CCCCCCCC1c2cc3c4cc2OP(=O)(Oc2ccccc2)Oc2cc5c(cc21)C(CCCCCCC)c1cc2c(cc1OP(=O)(Oc1ccccc1)O5)OP(=O)(Oc1ccccc1)Oc1cc(c(cc1C2CCCCCCC)C3CCCCCCC)OP(=O)(Oc1ccccc1)O4. The second-order valence-electron chi connectivity index (χ2n) is 26.9. The first kappa shape index (κ1) is 70.7. The van der Waals surface area contributed by atoms with Crippen LogP contribution in [0.4, 0.5) is 0 Å². The summed E-state index contributed by atoms with van der Waals surface area (Å²) in [5.74, 6) is -0.624. The van der Waals surface area contributed by atoms with E-state index in [2.05, 4.69) is 52.0 Å². The number of hydrogen-bond acceptors (Lipinski definition) is 16. The van der Waals surface area contributed by atoms with Gasteiger partial charge in [-0.15, -0.1) is 0 Å². The van der Waals surface area contributed by atoms with Crippen molar-refractivity contribution in [1.82, 2.24) is 0 Å². The number of phosphoric ester groups is 4. The van der Waals surface area contributed by atoms with Crippen molar-refractivity contribution in [3.63, 3.8) is 0 Å². The van der Waals surface area contributed by atoms with Crippen LogP contribution in [0.5, 0.6) is 69.0 Å². The molecule has 0 fully saturated rings. The molecule has 0 atom stereocenters. The Morgan fingerprint density at radius 3 is 0.580 bits per heavy atom. The fourth-order valence-corrected chi connectivity index (χ4v) is 19.7. The fourth-order valence-electron chi connectivity index (χ4n) is 14.5. The van der Waals surface area contributed by atoms with E-state index in [1.165, 1.54) is 0 Å². The summed E-state index contributed by atoms with van der Waals surface area (Å²) in [7, 11) is -19.7. The van der Waals surface area contributed by atoms with Crippen LogP contribution in [0.15, 0.2) is 170 Å². The zero-order chi connectivity index (χ0) is 69.1. The van der Waals surface area contributed by atoms with Crippen LogP contribution in [0, 0.1) is 0 Å². The average molecular weight is 1430 g/mol. The van der Waals surface area contributed by atoms with E-state index in [9.17, 15) is 0 Å². The second-order valence-corrected chi connectivity index (χ2v) is 32.6. The molecule has 16 nitrogen and oxygen atoms in total. The predicted molar refractivity (Wildman–Crippen MR) is 390 cm³/mol. The summed E-state index contributed by atoms with van der Waals surface area (Å²) in [6.07, 6.45) is 21.4. The average Bonchev–Trinajstić information content (AvgIpc) is 0.726. The lowest BCUT2D eigenvalue weighted by Crippen LogP contribution is -2.21. The van der Waals surface area contributed by atoms with Crippen LogP contribution in [0.25, 0.3) is 0 Å². The first-order valence-electron chi connectivity index (χ1n) is 36.4. The van der Waals surface area contributed by atoms with Gasteiger partial charge < -0.3 is 54.3 Å². The van der Waals surface area contributed by atoms with Gasteiger partial charge >= 0.3 is 31.3 Å². The van der Waals surface area contributed by atoms with Gasteiger partial charge in [0.05, 0.1) is 0 Å². The van der Waals surface area contributed by atoms with Crippen LogP contribution in [0.2, 0.25) is 0 Å². The molecule has 0 unspecified atom stereocenters. The van der Waals surface area contributed by atoms with Gasteiger partial charge in [0.2, 0.25) is 0 Å². The molecule has 0 saturated carbocycles. The predicted octanol–water partition coefficient (Wildman–Crippen LogP) is 25.8. The van der Waals surface area contributed by atoms with E-state index in [1.807, 2.05) is 24.3 Å². The van der Waals surface area contributed by atoms with Crippen LogP contribution in [-0.2, 0) is 18.3 Å². The normalized spacial score (nSPS) is 22.5. The maximum atomic E-state index is 16.4. The molecule has 4 heterocycles. The van der Waals surface area contributed by atoms with E-state index in [4.69, 9.17) is 54.3 Å². The van der Waals surface area contributed by atoms with Gasteiger partial charge in [0.15, 0.2) is 0 Å². The van der Waals surface area contributed by atoms with Gasteiger partial charge in [-0.1, -0.05) is 229 Å². The van der Waals surface area contributed by atoms with Crippen molar-refractivity contribution in [2.75, 3.05) is 0 Å². The molecule has 0 spiro atoms. The number of unbranched alkanes of at least 4 members (excludes halogenated alkanes) is 16. The standard InChI is InChI=1S/C80H92O16P4/c1-5-9-13-17-33-45-61-65-49-67-62(46-34-18-14-10-6-2)69-51-71-64(48-36-20-16-12-8-4)72-52-70-63(47-35-19-15-11-7-3)68-50-66(61)74-54-76(68)92-99(83,87-59-41-29-23-30-42-59)94-78(70)56-80(72)96-100(84,88-60-43-31-24-32-44-60)95-79(71)55-77(69)93-98(82,86-58-39-27-22-28-40-58)91-75(67)53-73(65)89-97(81,90-74)85-57-37-25-21-26-38-57/h21-32,37-44,49-56,61-64H,5-20,33-36,45-48H2,1-4H3. The highest BCUT2D eigenvalue weighted by molar-refractivity contribution is 7.50. The van der Waals surface area contributed by atoms with Crippen molar-refractivity contribution in [3.8, 4) is 69.0 Å². The lowest BCUT2D eigenvalue weighted by Gasteiger charge is -2.36. The molecule has 0 radical (unpaired) electrons. The molecule has 0 aromatic heterocycles. The molecule has 13 rings (SSSR count). The van der Waals surface area contributed by atoms with Gasteiger partial charge in [-0.05, 0) is 98.5 Å². The maximum Gasteiger partial charge on any atom is 0.647 e. The third-order valence-electron chi connectivity index (χ3n) is 19.5. The van der Waals surface area contributed by atoms with Crippen molar-refractivity contribution in [1.29, 1.82) is 0 Å². The summed E-state index contributed by atoms with van der Waals surface area (Å²) < 4.78 is 147. The molecule has 8 aromatic carbocycles. The Kier molecular flexibility index (Phi) is 22.7. The smallest absolute Gasteiger partial charge is 0.386 e. The lowest BCUT2D eigenvalue weighted by molar-refractivity contribution is 0.283. The molecule has 20 heteroatoms. The third kappa shape index (κ3) is 16.6. The molecule has 8 aromatic rings. The number of rotatable bonds is 32. The molecule has 100 heavy (non-hydrogen) atoms. The van der Waals surface area contributed by atoms with Gasteiger partial charge in [0.25, 0.3) is 0 Å². The van der Waals surface area contributed by atoms with Crippen LogP contribution in [0.1, 0.15) is 250 Å². The molecule has 528 valence electrons. The Morgan fingerprint density at radius 2 is 0.410 bits per heavy atom. The van der Waals surface area contributed by atoms with Crippen molar-refractivity contribution in [2.45, 2.75) is 205 Å². The van der Waals surface area contributed by atoms with E-state index >= 15 is 18.3 Å². The monoisotopic (exact) mass is 1430 g/mol. The Bertz CT molecular complexity index is 3630. The Balaban J connectivity index is 1.17. The van der Waals surface area contributed by atoms with Crippen molar-refractivity contribution >= 4 is 31.3 Å². The summed E-state index contributed by atoms with van der Waals surface area (Å²) in [6.45, 7) is 8.80. The Hall–Kier alpha value is -7.72. The lowest BCUT2D eigenvalue weighted by atomic mass is 9.76. The molecular formula is C80H92O16P4. The highest BCUT2D eigenvalue weighted by Crippen LogP contribution is 2.67.